The number of benzene rings is 7. The highest BCUT2D eigenvalue weighted by atomic mass is 32.2. The van der Waals surface area contributed by atoms with Crippen LogP contribution in [-0.2, 0) is 47.4 Å². The second-order valence-electron chi connectivity index (χ2n) is 17.7. The van der Waals surface area contributed by atoms with Crippen LogP contribution in [0.2, 0.25) is 0 Å². The number of rotatable bonds is 16. The first kappa shape index (κ1) is 51.5. The third kappa shape index (κ3) is 12.4. The number of hydrogen-bond donors (Lipinski definition) is 0. The van der Waals surface area contributed by atoms with Crippen LogP contribution in [-0.4, -0.2) is 104 Å². The van der Waals surface area contributed by atoms with Crippen LogP contribution in [0, 0.1) is 0 Å². The summed E-state index contributed by atoms with van der Waals surface area (Å²) in [5.41, 5.74) is 0.378. The van der Waals surface area contributed by atoms with E-state index in [0.29, 0.717) is 5.56 Å². The summed E-state index contributed by atoms with van der Waals surface area (Å²) in [4.78, 5) is 72.1. The predicted octanol–water partition coefficient (Wildman–Crippen LogP) is 9.49. The van der Waals surface area contributed by atoms with Crippen molar-refractivity contribution in [3.05, 3.63) is 246 Å². The van der Waals surface area contributed by atoms with Crippen LogP contribution in [0.1, 0.15) is 63.6 Å². The molecular weight excluding hydrogens is 993 g/mol. The molecule has 0 N–H and O–H groups in total. The summed E-state index contributed by atoms with van der Waals surface area (Å²) < 4.78 is 65.3. The molecule has 3 heterocycles. The molecule has 0 spiro atoms. The molecule has 7 aromatic carbocycles. The standard InChI is InChI=1S/C60H50O15S/c61-53(38-22-8-1-9-23-38)66-36-45-47(70-54(62)39-24-10-2-11-25-39)49(71-55(63)40-26-12-3-13-27-40)51(73-57(65)42-30-16-5-17-31-42)59(68-45)75-52-50(72-56(64)41-28-14-4-15-29-41)48-46(69-60(52)76-44-34-20-7-21-35-44)37-67-58(74-48)43-32-18-6-19-33-43/h1-35,45-52,58-60H,36-37H2/t45-,46-,47-,48+,49+,50+,51+,52-,58+,59-,60+/m1/s1. The van der Waals surface area contributed by atoms with Crippen molar-refractivity contribution in [2.75, 3.05) is 13.2 Å². The van der Waals surface area contributed by atoms with Crippen molar-refractivity contribution in [3.63, 3.8) is 0 Å². The highest BCUT2D eigenvalue weighted by Gasteiger charge is 2.58. The van der Waals surface area contributed by atoms with E-state index in [4.69, 9.17) is 47.4 Å². The number of ether oxygens (including phenoxy) is 10. The second-order valence-corrected chi connectivity index (χ2v) is 18.9. The van der Waals surface area contributed by atoms with Crippen LogP contribution in [0.5, 0.6) is 0 Å². The number of esters is 5. The van der Waals surface area contributed by atoms with Gasteiger partial charge in [-0.3, -0.25) is 0 Å². The molecule has 3 fully saturated rings. The van der Waals surface area contributed by atoms with E-state index in [0.717, 1.165) is 4.90 Å². The normalized spacial score (nSPS) is 24.9. The van der Waals surface area contributed by atoms with Crippen molar-refractivity contribution >= 4 is 41.6 Å². The van der Waals surface area contributed by atoms with Crippen LogP contribution in [0.25, 0.3) is 0 Å². The lowest BCUT2D eigenvalue weighted by Gasteiger charge is -2.50. The number of fused-ring (bicyclic) bond motifs is 1. The maximum atomic E-state index is 14.5. The van der Waals surface area contributed by atoms with E-state index >= 15 is 0 Å². The van der Waals surface area contributed by atoms with Crippen LogP contribution >= 0.6 is 11.8 Å². The van der Waals surface area contributed by atoms with Crippen LogP contribution < -0.4 is 0 Å². The third-order valence-corrected chi connectivity index (χ3v) is 13.8. The van der Waals surface area contributed by atoms with Crippen molar-refractivity contribution in [2.24, 2.45) is 0 Å². The summed E-state index contributed by atoms with van der Waals surface area (Å²) in [6.45, 7) is -0.598. The van der Waals surface area contributed by atoms with Gasteiger partial charge in [-0.15, -0.1) is 0 Å². The first-order valence-electron chi connectivity index (χ1n) is 24.5. The van der Waals surface area contributed by atoms with Gasteiger partial charge >= 0.3 is 29.8 Å². The van der Waals surface area contributed by atoms with Crippen molar-refractivity contribution in [1.29, 1.82) is 0 Å². The minimum Gasteiger partial charge on any atom is -0.459 e. The average molecular weight is 1040 g/mol. The Morgan fingerprint density at radius 1 is 0.421 bits per heavy atom. The fourth-order valence-corrected chi connectivity index (χ4v) is 10.0. The maximum Gasteiger partial charge on any atom is 0.338 e. The molecule has 16 heteroatoms. The molecule has 0 amide bonds. The highest BCUT2D eigenvalue weighted by molar-refractivity contribution is 7.99. The Labute approximate surface area is 441 Å². The molecule has 0 radical (unpaired) electrons. The van der Waals surface area contributed by atoms with E-state index in [1.807, 2.05) is 60.7 Å². The molecule has 10 rings (SSSR count). The summed E-state index contributed by atoms with van der Waals surface area (Å²) in [7, 11) is 0. The van der Waals surface area contributed by atoms with Crippen LogP contribution in [0.15, 0.2) is 217 Å². The quantitative estimate of drug-likeness (QED) is 0.0660. The molecule has 386 valence electrons. The van der Waals surface area contributed by atoms with Crippen molar-refractivity contribution < 1.29 is 71.3 Å². The van der Waals surface area contributed by atoms with Gasteiger partial charge in [0.25, 0.3) is 0 Å². The van der Waals surface area contributed by atoms with Gasteiger partial charge in [0, 0.05) is 10.5 Å². The molecule has 0 aromatic heterocycles. The molecule has 76 heavy (non-hydrogen) atoms. The van der Waals surface area contributed by atoms with Gasteiger partial charge < -0.3 is 47.4 Å². The van der Waals surface area contributed by atoms with E-state index < -0.39 is 103 Å². The maximum absolute atomic E-state index is 14.5. The minimum absolute atomic E-state index is 0.0141. The van der Waals surface area contributed by atoms with E-state index in [1.54, 1.807) is 115 Å². The highest BCUT2D eigenvalue weighted by Crippen LogP contribution is 2.43. The van der Waals surface area contributed by atoms with E-state index in [1.165, 1.54) is 48.2 Å². The fraction of sp³-hybridized carbons (Fsp3) is 0.217. The number of carbonyl (C=O) groups is 5. The molecule has 11 atom stereocenters. The third-order valence-electron chi connectivity index (χ3n) is 12.6. The van der Waals surface area contributed by atoms with Crippen LogP contribution in [0.4, 0.5) is 0 Å². The van der Waals surface area contributed by atoms with Crippen LogP contribution in [0.3, 0.4) is 0 Å². The van der Waals surface area contributed by atoms with Gasteiger partial charge in [-0.1, -0.05) is 151 Å². The lowest BCUT2D eigenvalue weighted by Crippen LogP contribution is -2.67. The summed E-state index contributed by atoms with van der Waals surface area (Å²) in [5, 5.41) is 0. The average Bonchev–Trinajstić information content (AvgIpc) is 3.53. The Bertz CT molecular complexity index is 3030. The summed E-state index contributed by atoms with van der Waals surface area (Å²) in [6.07, 6.45) is -14.0. The molecule has 0 saturated carbocycles. The first-order chi connectivity index (χ1) is 37.3. The lowest BCUT2D eigenvalue weighted by molar-refractivity contribution is -0.355. The van der Waals surface area contributed by atoms with Gasteiger partial charge in [-0.25, -0.2) is 24.0 Å². The van der Waals surface area contributed by atoms with Gasteiger partial charge in [0.15, 0.2) is 37.0 Å². The molecule has 0 unspecified atom stereocenters. The molecule has 7 aromatic rings. The molecule has 0 aliphatic carbocycles. The molecule has 3 aliphatic heterocycles. The largest absolute Gasteiger partial charge is 0.459 e. The summed E-state index contributed by atoms with van der Waals surface area (Å²) in [5.74, 6) is -4.14. The SMILES string of the molecule is O=C(OC[C@H]1O[C@H](O[C@@H]2[C@@H](OC(=O)c3ccccc3)[C@H]3O[C@@H](c4ccccc4)OC[C@H]3O[C@H]2Sc2ccccc2)[C@@H](OC(=O)c2ccccc2)[C@@H](OC(=O)c2ccccc2)[C@@H]1OC(=O)c1ccccc1)c1ccccc1. The Hall–Kier alpha value is -7.96. The second kappa shape index (κ2) is 24.6. The van der Waals surface area contributed by atoms with E-state index in [2.05, 4.69) is 0 Å². The molecule has 3 aliphatic rings. The van der Waals surface area contributed by atoms with Crippen molar-refractivity contribution in [2.45, 2.75) is 71.7 Å². The summed E-state index contributed by atoms with van der Waals surface area (Å²) >= 11 is 1.24. The fourth-order valence-electron chi connectivity index (χ4n) is 8.89. The van der Waals surface area contributed by atoms with Gasteiger partial charge in [-0.05, 0) is 72.8 Å². The monoisotopic (exact) mass is 1040 g/mol. The lowest BCUT2D eigenvalue weighted by atomic mass is 9.96. The predicted molar refractivity (Wildman–Crippen MR) is 274 cm³/mol. The van der Waals surface area contributed by atoms with Gasteiger partial charge in [0.2, 0.25) is 0 Å². The molecule has 0 bridgehead atoms. The number of thioether (sulfide) groups is 1. The summed E-state index contributed by atoms with van der Waals surface area (Å²) in [6, 6.07) is 59.2. The number of carbonyl (C=O) groups excluding carboxylic acids is 5. The van der Waals surface area contributed by atoms with Crippen molar-refractivity contribution in [3.8, 4) is 0 Å². The number of hydrogen-bond acceptors (Lipinski definition) is 16. The zero-order chi connectivity index (χ0) is 52.2. The Balaban J connectivity index is 1.10. The van der Waals surface area contributed by atoms with Gasteiger partial charge in [0.05, 0.1) is 34.4 Å². The topological polar surface area (TPSA) is 178 Å². The van der Waals surface area contributed by atoms with E-state index in [9.17, 15) is 24.0 Å². The molecule has 3 saturated heterocycles. The van der Waals surface area contributed by atoms with E-state index in [-0.39, 0.29) is 34.4 Å². The minimum atomic E-state index is -1.81. The smallest absolute Gasteiger partial charge is 0.338 e. The zero-order valence-corrected chi connectivity index (χ0v) is 41.3. The van der Waals surface area contributed by atoms with Gasteiger partial charge in [-0.2, -0.15) is 0 Å². The Morgan fingerprint density at radius 2 is 0.829 bits per heavy atom. The molecule has 15 nitrogen and oxygen atoms in total. The van der Waals surface area contributed by atoms with Gasteiger partial charge in [0.1, 0.15) is 36.5 Å². The van der Waals surface area contributed by atoms with Crippen molar-refractivity contribution in [1.82, 2.24) is 0 Å². The zero-order valence-electron chi connectivity index (χ0n) is 40.5. The Kier molecular flexibility index (Phi) is 16.7. The Morgan fingerprint density at radius 3 is 1.32 bits per heavy atom. The first-order valence-corrected chi connectivity index (χ1v) is 25.4. The molecular formula is C60H50O15S.